The van der Waals surface area contributed by atoms with Gasteiger partial charge >= 0.3 is 0 Å². The van der Waals surface area contributed by atoms with Gasteiger partial charge in [-0.2, -0.15) is 4.31 Å². The van der Waals surface area contributed by atoms with E-state index in [0.29, 0.717) is 29.9 Å². The maximum Gasteiger partial charge on any atom is 0.257 e. The first-order chi connectivity index (χ1) is 13.2. The van der Waals surface area contributed by atoms with Gasteiger partial charge in [-0.05, 0) is 61.7 Å². The van der Waals surface area contributed by atoms with E-state index in [1.54, 1.807) is 19.1 Å². The quantitative estimate of drug-likeness (QED) is 0.773. The van der Waals surface area contributed by atoms with Crippen molar-refractivity contribution in [1.29, 1.82) is 0 Å². The Morgan fingerprint density at radius 1 is 1.07 bits per heavy atom. The third kappa shape index (κ3) is 4.04. The lowest BCUT2D eigenvalue weighted by molar-refractivity contribution is 0.0997. The predicted molar refractivity (Wildman–Crippen MR) is 107 cm³/mol. The van der Waals surface area contributed by atoms with Crippen molar-refractivity contribution in [3.05, 3.63) is 58.1 Å². The summed E-state index contributed by atoms with van der Waals surface area (Å²) in [7, 11) is -3.66. The highest BCUT2D eigenvalue weighted by Gasteiger charge is 2.28. The molecular formula is C19H20ClN3O4S. The number of amides is 2. The van der Waals surface area contributed by atoms with E-state index in [1.807, 2.05) is 0 Å². The summed E-state index contributed by atoms with van der Waals surface area (Å²) in [5.74, 6) is -1.10. The van der Waals surface area contributed by atoms with E-state index in [2.05, 4.69) is 5.32 Å². The Morgan fingerprint density at radius 3 is 2.36 bits per heavy atom. The first-order valence-corrected chi connectivity index (χ1v) is 10.5. The minimum atomic E-state index is -3.66. The van der Waals surface area contributed by atoms with E-state index in [1.165, 1.54) is 28.6 Å². The van der Waals surface area contributed by atoms with Crippen molar-refractivity contribution in [2.45, 2.75) is 24.7 Å². The lowest BCUT2D eigenvalue weighted by Gasteiger charge is -2.16. The number of nitrogens with one attached hydrogen (secondary N) is 1. The summed E-state index contributed by atoms with van der Waals surface area (Å²) in [5, 5.41) is 2.81. The van der Waals surface area contributed by atoms with Gasteiger partial charge in [0, 0.05) is 24.3 Å². The van der Waals surface area contributed by atoms with Crippen molar-refractivity contribution in [1.82, 2.24) is 4.31 Å². The van der Waals surface area contributed by atoms with Crippen molar-refractivity contribution < 1.29 is 18.0 Å². The van der Waals surface area contributed by atoms with Crippen molar-refractivity contribution in [2.75, 3.05) is 18.4 Å². The third-order valence-electron chi connectivity index (χ3n) is 4.63. The van der Waals surface area contributed by atoms with Gasteiger partial charge < -0.3 is 11.1 Å². The zero-order valence-electron chi connectivity index (χ0n) is 15.2. The lowest BCUT2D eigenvalue weighted by Crippen LogP contribution is -2.28. The molecule has 7 nitrogen and oxygen atoms in total. The van der Waals surface area contributed by atoms with Crippen LogP contribution in [-0.2, 0) is 10.0 Å². The molecule has 1 aliphatic rings. The molecule has 0 aliphatic carbocycles. The number of aryl methyl sites for hydroxylation is 1. The maximum atomic E-state index is 12.7. The second-order valence-corrected chi connectivity index (χ2v) is 8.95. The molecule has 3 N–H and O–H groups in total. The maximum absolute atomic E-state index is 12.7. The number of carbonyl (C=O) groups excluding carboxylic acids is 2. The van der Waals surface area contributed by atoms with Gasteiger partial charge in [0.2, 0.25) is 15.9 Å². The Balaban J connectivity index is 1.88. The average molecular weight is 422 g/mol. The molecular weight excluding hydrogens is 402 g/mol. The van der Waals surface area contributed by atoms with Gasteiger partial charge in [-0.3, -0.25) is 9.59 Å². The fourth-order valence-electron chi connectivity index (χ4n) is 3.13. The number of nitrogens with zero attached hydrogens (tertiary/aromatic N) is 1. The summed E-state index contributed by atoms with van der Waals surface area (Å²) < 4.78 is 26.9. The van der Waals surface area contributed by atoms with Crippen LogP contribution in [0.3, 0.4) is 0 Å². The number of halogens is 1. The molecule has 1 aliphatic heterocycles. The number of sulfonamides is 1. The largest absolute Gasteiger partial charge is 0.366 e. The van der Waals surface area contributed by atoms with Crippen LogP contribution in [0, 0.1) is 6.92 Å². The Labute approximate surface area is 168 Å². The topological polar surface area (TPSA) is 110 Å². The van der Waals surface area contributed by atoms with Gasteiger partial charge in [0.1, 0.15) is 0 Å². The Morgan fingerprint density at radius 2 is 1.75 bits per heavy atom. The van der Waals surface area contributed by atoms with Crippen LogP contribution in [0.1, 0.15) is 39.1 Å². The van der Waals surface area contributed by atoms with E-state index in [0.717, 1.165) is 12.8 Å². The molecule has 0 spiro atoms. The Hall–Kier alpha value is -2.42. The van der Waals surface area contributed by atoms with Crippen molar-refractivity contribution >= 4 is 39.1 Å². The van der Waals surface area contributed by atoms with Crippen LogP contribution in [-0.4, -0.2) is 37.6 Å². The van der Waals surface area contributed by atoms with Gasteiger partial charge in [-0.1, -0.05) is 11.6 Å². The van der Waals surface area contributed by atoms with E-state index >= 15 is 0 Å². The monoisotopic (exact) mass is 421 g/mol. The first kappa shape index (κ1) is 20.3. The molecule has 0 aromatic heterocycles. The van der Waals surface area contributed by atoms with E-state index in [9.17, 15) is 18.0 Å². The lowest BCUT2D eigenvalue weighted by atomic mass is 10.1. The van der Waals surface area contributed by atoms with Crippen molar-refractivity contribution in [3.8, 4) is 0 Å². The Kier molecular flexibility index (Phi) is 5.74. The number of anilines is 1. The fourth-order valence-corrected chi connectivity index (χ4v) is 4.88. The molecule has 2 amide bonds. The molecule has 0 atom stereocenters. The summed E-state index contributed by atoms with van der Waals surface area (Å²) >= 11 is 6.13. The molecule has 3 rings (SSSR count). The van der Waals surface area contributed by atoms with Gasteiger partial charge in [-0.25, -0.2) is 8.42 Å². The summed E-state index contributed by atoms with van der Waals surface area (Å²) in [6.07, 6.45) is 1.64. The Bertz CT molecular complexity index is 1050. The molecule has 0 bridgehead atoms. The molecule has 0 saturated carbocycles. The third-order valence-corrected chi connectivity index (χ3v) is 6.86. The summed E-state index contributed by atoms with van der Waals surface area (Å²) in [5.41, 5.74) is 6.75. The molecule has 2 aromatic carbocycles. The number of hydrogen-bond acceptors (Lipinski definition) is 4. The highest BCUT2D eigenvalue weighted by molar-refractivity contribution is 7.89. The number of hydrogen-bond donors (Lipinski definition) is 2. The zero-order chi connectivity index (χ0) is 20.5. The van der Waals surface area contributed by atoms with Gasteiger partial charge in [0.25, 0.3) is 5.91 Å². The van der Waals surface area contributed by atoms with Crippen LogP contribution >= 0.6 is 11.6 Å². The van der Waals surface area contributed by atoms with E-state index in [4.69, 9.17) is 17.3 Å². The predicted octanol–water partition coefficient (Wildman–Crippen LogP) is 2.78. The smallest absolute Gasteiger partial charge is 0.257 e. The van der Waals surface area contributed by atoms with Gasteiger partial charge in [0.05, 0.1) is 15.5 Å². The van der Waals surface area contributed by atoms with Crippen LogP contribution in [0.2, 0.25) is 5.02 Å². The number of benzene rings is 2. The minimum absolute atomic E-state index is 0.0317. The molecule has 148 valence electrons. The molecule has 1 fully saturated rings. The van der Waals surface area contributed by atoms with Gasteiger partial charge in [0.15, 0.2) is 0 Å². The van der Waals surface area contributed by atoms with Crippen LogP contribution < -0.4 is 11.1 Å². The number of primary amides is 1. The molecule has 2 aromatic rings. The molecule has 9 heteroatoms. The van der Waals surface area contributed by atoms with Crippen molar-refractivity contribution in [2.24, 2.45) is 5.73 Å². The minimum Gasteiger partial charge on any atom is -0.366 e. The number of carbonyl (C=O) groups is 2. The van der Waals surface area contributed by atoms with Crippen LogP contribution in [0.5, 0.6) is 0 Å². The summed E-state index contributed by atoms with van der Waals surface area (Å²) in [4.78, 5) is 24.0. The van der Waals surface area contributed by atoms with Gasteiger partial charge in [-0.15, -0.1) is 0 Å². The van der Waals surface area contributed by atoms with E-state index in [-0.39, 0.29) is 15.5 Å². The first-order valence-electron chi connectivity index (χ1n) is 8.71. The van der Waals surface area contributed by atoms with Crippen molar-refractivity contribution in [3.63, 3.8) is 0 Å². The standard InChI is InChI=1S/C19H20ClN3O4S/c1-12-10-13(4-6-15(12)18(21)24)22-19(25)16-11-14(5-7-17(16)20)28(26,27)23-8-2-3-9-23/h4-7,10-11H,2-3,8-9H2,1H3,(H2,21,24)(H,22,25). The highest BCUT2D eigenvalue weighted by atomic mass is 35.5. The fraction of sp³-hybridized carbons (Fsp3) is 0.263. The average Bonchev–Trinajstić information content (AvgIpc) is 3.17. The highest BCUT2D eigenvalue weighted by Crippen LogP contribution is 2.26. The summed E-state index contributed by atoms with van der Waals surface area (Å²) in [6.45, 7) is 2.64. The normalized spacial score (nSPS) is 14.8. The number of nitrogens with two attached hydrogens (primary N) is 1. The molecule has 0 radical (unpaired) electrons. The van der Waals surface area contributed by atoms with Crippen LogP contribution in [0.4, 0.5) is 5.69 Å². The number of rotatable bonds is 5. The molecule has 28 heavy (non-hydrogen) atoms. The molecule has 1 saturated heterocycles. The second-order valence-electron chi connectivity index (χ2n) is 6.60. The zero-order valence-corrected chi connectivity index (χ0v) is 16.8. The SMILES string of the molecule is Cc1cc(NC(=O)c2cc(S(=O)(=O)N3CCCC3)ccc2Cl)ccc1C(N)=O. The van der Waals surface area contributed by atoms with Crippen LogP contribution in [0.25, 0.3) is 0 Å². The summed E-state index contributed by atoms with van der Waals surface area (Å²) in [6, 6.07) is 8.76. The molecule has 1 heterocycles. The van der Waals surface area contributed by atoms with Crippen LogP contribution in [0.15, 0.2) is 41.3 Å². The second kappa shape index (κ2) is 7.90. The molecule has 0 unspecified atom stereocenters. The van der Waals surface area contributed by atoms with E-state index < -0.39 is 21.8 Å².